The molecule has 0 radical (unpaired) electrons. The second-order valence-corrected chi connectivity index (χ2v) is 3.41. The predicted octanol–water partition coefficient (Wildman–Crippen LogP) is 0.988. The molecule has 0 unspecified atom stereocenters. The third kappa shape index (κ3) is 3.01. The molecule has 0 atom stereocenters. The summed E-state index contributed by atoms with van der Waals surface area (Å²) in [6.07, 6.45) is 1.62. The average molecular weight is 237 g/mol. The Bertz CT molecular complexity index is 487. The van der Waals surface area contributed by atoms with Gasteiger partial charge in [0.2, 0.25) is 0 Å². The van der Waals surface area contributed by atoms with Crippen LogP contribution < -0.4 is 4.74 Å². The van der Waals surface area contributed by atoms with Crippen LogP contribution in [0.2, 0.25) is 0 Å². The number of rotatable bonds is 5. The molecule has 1 aromatic heterocycles. The van der Waals surface area contributed by atoms with Crippen molar-refractivity contribution in [2.24, 2.45) is 0 Å². The van der Waals surface area contributed by atoms with Crippen LogP contribution in [0.3, 0.4) is 0 Å². The second-order valence-electron chi connectivity index (χ2n) is 3.41. The zero-order valence-electron chi connectivity index (χ0n) is 9.08. The maximum Gasteiger partial charge on any atom is 0.165 e. The first-order valence-corrected chi connectivity index (χ1v) is 5.17. The molecular formula is C11H12FN3O2. The SMILES string of the molecule is OCc1cn(CCOc2ccccc2F)nn1. The lowest BCUT2D eigenvalue weighted by Crippen LogP contribution is -2.09. The van der Waals surface area contributed by atoms with E-state index in [0.29, 0.717) is 12.2 Å². The van der Waals surface area contributed by atoms with E-state index in [4.69, 9.17) is 9.84 Å². The van der Waals surface area contributed by atoms with Gasteiger partial charge in [-0.15, -0.1) is 5.10 Å². The Hall–Kier alpha value is -1.95. The molecule has 1 N–H and O–H groups in total. The van der Waals surface area contributed by atoms with Gasteiger partial charge >= 0.3 is 0 Å². The Morgan fingerprint density at radius 3 is 2.88 bits per heavy atom. The minimum atomic E-state index is -0.387. The molecular weight excluding hydrogens is 225 g/mol. The summed E-state index contributed by atoms with van der Waals surface area (Å²) in [6, 6.07) is 6.22. The highest BCUT2D eigenvalue weighted by atomic mass is 19.1. The fraction of sp³-hybridized carbons (Fsp3) is 0.273. The summed E-state index contributed by atoms with van der Waals surface area (Å²) in [7, 11) is 0. The molecule has 1 heterocycles. The summed E-state index contributed by atoms with van der Waals surface area (Å²) < 4.78 is 20.0. The van der Waals surface area contributed by atoms with Crippen molar-refractivity contribution in [3.8, 4) is 5.75 Å². The highest BCUT2D eigenvalue weighted by Crippen LogP contribution is 2.14. The molecule has 0 aliphatic heterocycles. The van der Waals surface area contributed by atoms with Crippen molar-refractivity contribution in [3.05, 3.63) is 42.0 Å². The van der Waals surface area contributed by atoms with Gasteiger partial charge in [-0.25, -0.2) is 9.07 Å². The van der Waals surface area contributed by atoms with Crippen molar-refractivity contribution in [2.75, 3.05) is 6.61 Å². The number of aliphatic hydroxyl groups is 1. The van der Waals surface area contributed by atoms with Gasteiger partial charge in [0.25, 0.3) is 0 Å². The van der Waals surface area contributed by atoms with E-state index in [2.05, 4.69) is 10.3 Å². The highest BCUT2D eigenvalue weighted by molar-refractivity contribution is 5.23. The zero-order valence-corrected chi connectivity index (χ0v) is 9.08. The van der Waals surface area contributed by atoms with Crippen LogP contribution in [0.15, 0.2) is 30.5 Å². The van der Waals surface area contributed by atoms with Gasteiger partial charge < -0.3 is 9.84 Å². The van der Waals surface area contributed by atoms with Crippen LogP contribution in [0.5, 0.6) is 5.75 Å². The Kier molecular flexibility index (Phi) is 3.66. The number of para-hydroxylation sites is 1. The summed E-state index contributed by atoms with van der Waals surface area (Å²) >= 11 is 0. The van der Waals surface area contributed by atoms with E-state index in [1.165, 1.54) is 10.7 Å². The molecule has 17 heavy (non-hydrogen) atoms. The lowest BCUT2D eigenvalue weighted by atomic mass is 10.3. The van der Waals surface area contributed by atoms with E-state index in [1.807, 2.05) is 0 Å². The number of ether oxygens (including phenoxy) is 1. The van der Waals surface area contributed by atoms with Crippen molar-refractivity contribution in [1.29, 1.82) is 0 Å². The van der Waals surface area contributed by atoms with Gasteiger partial charge in [0, 0.05) is 0 Å². The third-order valence-corrected chi connectivity index (χ3v) is 2.16. The Labute approximate surface area is 97.5 Å². The van der Waals surface area contributed by atoms with E-state index in [1.54, 1.807) is 24.4 Å². The van der Waals surface area contributed by atoms with Crippen molar-refractivity contribution in [3.63, 3.8) is 0 Å². The molecule has 0 saturated heterocycles. The van der Waals surface area contributed by atoms with Gasteiger partial charge in [-0.3, -0.25) is 0 Å². The van der Waals surface area contributed by atoms with Gasteiger partial charge in [-0.05, 0) is 12.1 Å². The van der Waals surface area contributed by atoms with Gasteiger partial charge in [0.05, 0.1) is 19.3 Å². The molecule has 1 aromatic carbocycles. The molecule has 2 aromatic rings. The minimum absolute atomic E-state index is 0.145. The summed E-state index contributed by atoms with van der Waals surface area (Å²) in [5, 5.41) is 16.3. The summed E-state index contributed by atoms with van der Waals surface area (Å²) in [5.41, 5.74) is 0.496. The number of aromatic nitrogens is 3. The first kappa shape index (κ1) is 11.5. The smallest absolute Gasteiger partial charge is 0.165 e. The molecule has 0 bridgehead atoms. The fourth-order valence-corrected chi connectivity index (χ4v) is 1.33. The maximum atomic E-state index is 13.2. The molecule has 0 aliphatic carbocycles. The molecule has 0 amide bonds. The molecule has 5 nitrogen and oxygen atoms in total. The monoisotopic (exact) mass is 237 g/mol. The molecule has 0 saturated carbocycles. The van der Waals surface area contributed by atoms with E-state index in [-0.39, 0.29) is 24.8 Å². The molecule has 90 valence electrons. The Balaban J connectivity index is 1.85. The van der Waals surface area contributed by atoms with Crippen LogP contribution in [-0.2, 0) is 13.2 Å². The molecule has 0 spiro atoms. The van der Waals surface area contributed by atoms with Crippen molar-refractivity contribution in [2.45, 2.75) is 13.2 Å². The third-order valence-electron chi connectivity index (χ3n) is 2.16. The largest absolute Gasteiger partial charge is 0.489 e. The van der Waals surface area contributed by atoms with Crippen LogP contribution in [0.1, 0.15) is 5.69 Å². The maximum absolute atomic E-state index is 13.2. The van der Waals surface area contributed by atoms with Gasteiger partial charge in [-0.2, -0.15) is 0 Å². The quantitative estimate of drug-likeness (QED) is 0.842. The summed E-state index contributed by atoms with van der Waals surface area (Å²) in [5.74, 6) is -0.169. The number of nitrogens with zero attached hydrogens (tertiary/aromatic N) is 3. The first-order valence-electron chi connectivity index (χ1n) is 5.17. The lowest BCUT2D eigenvalue weighted by molar-refractivity contribution is 0.275. The molecule has 0 fully saturated rings. The van der Waals surface area contributed by atoms with Crippen LogP contribution in [0.25, 0.3) is 0 Å². The summed E-state index contributed by atoms with van der Waals surface area (Å²) in [6.45, 7) is 0.588. The summed E-state index contributed by atoms with van der Waals surface area (Å²) in [4.78, 5) is 0. The van der Waals surface area contributed by atoms with Crippen molar-refractivity contribution < 1.29 is 14.2 Å². The zero-order chi connectivity index (χ0) is 12.1. The van der Waals surface area contributed by atoms with Crippen LogP contribution in [0, 0.1) is 5.82 Å². The number of hydrogen-bond acceptors (Lipinski definition) is 4. The van der Waals surface area contributed by atoms with Crippen molar-refractivity contribution >= 4 is 0 Å². The normalized spacial score (nSPS) is 10.5. The predicted molar refractivity (Wildman–Crippen MR) is 57.8 cm³/mol. The average Bonchev–Trinajstić information content (AvgIpc) is 2.80. The van der Waals surface area contributed by atoms with Gasteiger partial charge in [0.1, 0.15) is 12.3 Å². The first-order chi connectivity index (χ1) is 8.29. The Morgan fingerprint density at radius 1 is 1.35 bits per heavy atom. The Morgan fingerprint density at radius 2 is 2.18 bits per heavy atom. The van der Waals surface area contributed by atoms with Gasteiger partial charge in [-0.1, -0.05) is 17.3 Å². The lowest BCUT2D eigenvalue weighted by Gasteiger charge is -2.06. The fourth-order valence-electron chi connectivity index (χ4n) is 1.33. The highest BCUT2D eigenvalue weighted by Gasteiger charge is 2.02. The van der Waals surface area contributed by atoms with Gasteiger partial charge in [0.15, 0.2) is 11.6 Å². The number of aliphatic hydroxyl groups excluding tert-OH is 1. The van der Waals surface area contributed by atoms with Crippen LogP contribution in [-0.4, -0.2) is 26.7 Å². The molecule has 6 heteroatoms. The van der Waals surface area contributed by atoms with E-state index in [0.717, 1.165) is 0 Å². The topological polar surface area (TPSA) is 60.2 Å². The van der Waals surface area contributed by atoms with Crippen LogP contribution >= 0.6 is 0 Å². The van der Waals surface area contributed by atoms with E-state index >= 15 is 0 Å². The van der Waals surface area contributed by atoms with E-state index < -0.39 is 0 Å². The van der Waals surface area contributed by atoms with Crippen molar-refractivity contribution in [1.82, 2.24) is 15.0 Å². The number of hydrogen-bond donors (Lipinski definition) is 1. The van der Waals surface area contributed by atoms with E-state index in [9.17, 15) is 4.39 Å². The standard InChI is InChI=1S/C11H12FN3O2/c12-10-3-1-2-4-11(10)17-6-5-15-7-9(8-16)13-14-15/h1-4,7,16H,5-6,8H2. The second kappa shape index (κ2) is 5.40. The number of benzene rings is 1. The molecule has 2 rings (SSSR count). The van der Waals surface area contributed by atoms with Crippen LogP contribution in [0.4, 0.5) is 4.39 Å². The molecule has 0 aliphatic rings. The number of halogens is 1. The minimum Gasteiger partial charge on any atom is -0.489 e.